The third-order valence-corrected chi connectivity index (χ3v) is 2.14. The summed E-state index contributed by atoms with van der Waals surface area (Å²) in [5.74, 6) is 0. The minimum absolute atomic E-state index is 0.0520. The van der Waals surface area contributed by atoms with Crippen molar-refractivity contribution in [3.8, 4) is 0 Å². The third kappa shape index (κ3) is 2.22. The first-order valence-corrected chi connectivity index (χ1v) is 4.09. The van der Waals surface area contributed by atoms with E-state index in [0.29, 0.717) is 0 Å². The number of methoxy groups -OCH3 is 2. The average molecular weight is 210 g/mol. The molecule has 1 fully saturated rings. The van der Waals surface area contributed by atoms with E-state index < -0.39 is 30.7 Å². The Kier molecular flexibility index (Phi) is 3.23. The topological polar surface area (TPSA) is 88.4 Å². The first kappa shape index (κ1) is 9.02. The van der Waals surface area contributed by atoms with Gasteiger partial charge in [-0.2, -0.15) is 0 Å². The van der Waals surface area contributed by atoms with Crippen molar-refractivity contribution < 1.29 is 32.3 Å². The lowest BCUT2D eigenvalue weighted by atomic mass is 10.1. The maximum Gasteiger partial charge on any atom is 0.184 e. The van der Waals surface area contributed by atoms with Gasteiger partial charge in [-0.05, 0) is 0 Å². The van der Waals surface area contributed by atoms with E-state index in [2.05, 4.69) is 0 Å². The lowest BCUT2D eigenvalue weighted by Crippen LogP contribution is -2.41. The maximum atomic E-state index is 9.55. The molecule has 0 saturated carbocycles. The van der Waals surface area contributed by atoms with Crippen LogP contribution in [-0.2, 0) is 14.2 Å². The van der Waals surface area contributed by atoms with E-state index in [-0.39, 0.29) is 20.8 Å². The van der Waals surface area contributed by atoms with Crippen LogP contribution < -0.4 is 0 Å². The SMILES string of the molecule is [2H]COC[C@@H](OC[2H])[C@H]1OC(O)[C@H](O)[C@@H]1O. The van der Waals surface area contributed by atoms with Gasteiger partial charge in [-0.1, -0.05) is 0 Å². The fourth-order valence-corrected chi connectivity index (χ4v) is 1.35. The largest absolute Gasteiger partial charge is 0.387 e. The van der Waals surface area contributed by atoms with Crippen LogP contribution in [0.4, 0.5) is 0 Å². The van der Waals surface area contributed by atoms with Gasteiger partial charge >= 0.3 is 0 Å². The summed E-state index contributed by atoms with van der Waals surface area (Å²) >= 11 is 0. The fraction of sp³-hybridized carbons (Fsp3) is 1.00. The first-order valence-electron chi connectivity index (χ1n) is 5.50. The smallest absolute Gasteiger partial charge is 0.184 e. The molecule has 1 aliphatic heterocycles. The van der Waals surface area contributed by atoms with Crippen LogP contribution in [0.5, 0.6) is 0 Å². The Labute approximate surface area is 84.8 Å². The molecule has 6 nitrogen and oxygen atoms in total. The van der Waals surface area contributed by atoms with Gasteiger partial charge < -0.3 is 29.5 Å². The second-order valence-electron chi connectivity index (χ2n) is 3.05. The quantitative estimate of drug-likeness (QED) is 0.501. The van der Waals surface area contributed by atoms with Crippen molar-refractivity contribution in [2.45, 2.75) is 30.7 Å². The molecule has 6 heteroatoms. The number of rotatable bonds is 4. The molecule has 0 radical (unpaired) electrons. The second-order valence-corrected chi connectivity index (χ2v) is 3.05. The van der Waals surface area contributed by atoms with Gasteiger partial charge in [-0.3, -0.25) is 0 Å². The Morgan fingerprint density at radius 3 is 2.64 bits per heavy atom. The minimum Gasteiger partial charge on any atom is -0.387 e. The summed E-state index contributed by atoms with van der Waals surface area (Å²) in [4.78, 5) is 0. The maximum absolute atomic E-state index is 9.55. The number of aliphatic hydroxyl groups excluding tert-OH is 3. The summed E-state index contributed by atoms with van der Waals surface area (Å²) in [6.07, 6.45) is -5.96. The Morgan fingerprint density at radius 1 is 1.36 bits per heavy atom. The van der Waals surface area contributed by atoms with Crippen molar-refractivity contribution in [2.24, 2.45) is 0 Å². The molecule has 0 aromatic heterocycles. The van der Waals surface area contributed by atoms with Crippen LogP contribution in [-0.4, -0.2) is 66.8 Å². The molecular weight excluding hydrogens is 192 g/mol. The van der Waals surface area contributed by atoms with Crippen molar-refractivity contribution in [3.63, 3.8) is 0 Å². The predicted molar refractivity (Wildman–Crippen MR) is 45.6 cm³/mol. The van der Waals surface area contributed by atoms with Crippen molar-refractivity contribution >= 4 is 0 Å². The standard InChI is InChI=1S/C8H16O6/c1-12-3-4(13-2)7-5(9)6(10)8(11)14-7/h4-11H,3H2,1-2H3/t4-,5+,6-,7-,8?/m1/s1/i1D,2D. The van der Waals surface area contributed by atoms with Gasteiger partial charge in [0.2, 0.25) is 0 Å². The number of aliphatic hydroxyl groups is 3. The molecule has 0 amide bonds. The van der Waals surface area contributed by atoms with E-state index >= 15 is 0 Å². The highest BCUT2D eigenvalue weighted by Gasteiger charge is 2.45. The van der Waals surface area contributed by atoms with Crippen molar-refractivity contribution in [2.75, 3.05) is 20.8 Å². The van der Waals surface area contributed by atoms with E-state index in [4.69, 9.17) is 22.1 Å². The monoisotopic (exact) mass is 210 g/mol. The zero-order valence-corrected chi connectivity index (χ0v) is 7.57. The van der Waals surface area contributed by atoms with E-state index in [1.165, 1.54) is 0 Å². The molecule has 1 rings (SSSR count). The summed E-state index contributed by atoms with van der Waals surface area (Å²) in [5.41, 5.74) is 0. The number of ether oxygens (including phenoxy) is 3. The summed E-state index contributed by atoms with van der Waals surface area (Å²) in [5, 5.41) is 28.0. The van der Waals surface area contributed by atoms with Crippen LogP contribution >= 0.6 is 0 Å². The summed E-state index contributed by atoms with van der Waals surface area (Å²) in [6, 6.07) is 0. The molecule has 0 aromatic carbocycles. The molecule has 1 unspecified atom stereocenters. The van der Waals surface area contributed by atoms with Gasteiger partial charge in [0, 0.05) is 14.2 Å². The van der Waals surface area contributed by atoms with Gasteiger partial charge in [-0.15, -0.1) is 0 Å². The van der Waals surface area contributed by atoms with Gasteiger partial charge in [0.15, 0.2) is 6.29 Å². The van der Waals surface area contributed by atoms with E-state index in [0.717, 1.165) is 0 Å². The highest BCUT2D eigenvalue weighted by Crippen LogP contribution is 2.23. The van der Waals surface area contributed by atoms with Crippen LogP contribution in [0, 0.1) is 0 Å². The molecular formula is C8H16O6. The van der Waals surface area contributed by atoms with Gasteiger partial charge in [0.05, 0.1) is 9.35 Å². The molecule has 3 N–H and O–H groups in total. The van der Waals surface area contributed by atoms with Crippen LogP contribution in [0.2, 0.25) is 0 Å². The first-order chi connectivity index (χ1) is 7.61. The highest BCUT2D eigenvalue weighted by atomic mass is 16.7. The van der Waals surface area contributed by atoms with E-state index in [1.807, 2.05) is 0 Å². The number of hydrogen-bond donors (Lipinski definition) is 3. The van der Waals surface area contributed by atoms with Crippen molar-refractivity contribution in [3.05, 3.63) is 0 Å². The van der Waals surface area contributed by atoms with Crippen LogP contribution in [0.3, 0.4) is 0 Å². The zero-order chi connectivity index (χ0) is 12.1. The summed E-state index contributed by atoms with van der Waals surface area (Å²) in [6.45, 7) is -0.0520. The van der Waals surface area contributed by atoms with Gasteiger partial charge in [-0.25, -0.2) is 0 Å². The Hall–Kier alpha value is -0.240. The molecule has 0 bridgehead atoms. The molecule has 1 saturated heterocycles. The zero-order valence-electron chi connectivity index (χ0n) is 9.57. The van der Waals surface area contributed by atoms with Crippen LogP contribution in [0.25, 0.3) is 0 Å². The molecule has 5 atom stereocenters. The Morgan fingerprint density at radius 2 is 2.14 bits per heavy atom. The Bertz CT molecular complexity index is 207. The molecule has 0 spiro atoms. The molecule has 0 aromatic rings. The Balaban J connectivity index is 2.56. The van der Waals surface area contributed by atoms with Gasteiger partial charge in [0.1, 0.15) is 24.4 Å². The highest BCUT2D eigenvalue weighted by molar-refractivity contribution is 4.90. The summed E-state index contributed by atoms with van der Waals surface area (Å²) in [7, 11) is -0.656. The molecule has 14 heavy (non-hydrogen) atoms. The minimum atomic E-state index is -1.48. The summed E-state index contributed by atoms with van der Waals surface area (Å²) < 4.78 is 28.3. The fourth-order valence-electron chi connectivity index (χ4n) is 1.35. The van der Waals surface area contributed by atoms with E-state index in [9.17, 15) is 10.2 Å². The molecule has 1 aliphatic rings. The molecule has 1 heterocycles. The lowest BCUT2D eigenvalue weighted by molar-refractivity contribution is -0.157. The predicted octanol–water partition coefficient (Wildman–Crippen LogP) is -1.91. The molecule has 84 valence electrons. The van der Waals surface area contributed by atoms with E-state index in [1.54, 1.807) is 0 Å². The van der Waals surface area contributed by atoms with Gasteiger partial charge in [0.25, 0.3) is 0 Å². The van der Waals surface area contributed by atoms with Crippen molar-refractivity contribution in [1.29, 1.82) is 0 Å². The lowest BCUT2D eigenvalue weighted by Gasteiger charge is -2.23. The second kappa shape index (κ2) is 5.01. The van der Waals surface area contributed by atoms with Crippen molar-refractivity contribution in [1.82, 2.24) is 0 Å². The normalized spacial score (nSPS) is 41.9. The van der Waals surface area contributed by atoms with Crippen LogP contribution in [0.1, 0.15) is 2.74 Å². The van der Waals surface area contributed by atoms with Crippen LogP contribution in [0.15, 0.2) is 0 Å². The average Bonchev–Trinajstić information content (AvgIpc) is 2.52. The third-order valence-electron chi connectivity index (χ3n) is 2.14. The molecule has 0 aliphatic carbocycles. The number of hydrogen-bond acceptors (Lipinski definition) is 6.